The van der Waals surface area contributed by atoms with E-state index in [0.29, 0.717) is 6.54 Å². The van der Waals surface area contributed by atoms with Gasteiger partial charge in [-0.1, -0.05) is 19.9 Å². The molecule has 1 fully saturated rings. The molecule has 1 aromatic heterocycles. The van der Waals surface area contributed by atoms with Crippen LogP contribution in [-0.4, -0.2) is 22.0 Å². The summed E-state index contributed by atoms with van der Waals surface area (Å²) in [6.07, 6.45) is 2.40. The van der Waals surface area contributed by atoms with Crippen LogP contribution < -0.4 is 5.32 Å². The Hall–Kier alpha value is -1.91. The zero-order valence-electron chi connectivity index (χ0n) is 10.4. The normalized spacial score (nSPS) is 20.2. The number of pyridine rings is 1. The fraction of sp³-hybridized carbons (Fsp3) is 0.462. The van der Waals surface area contributed by atoms with Gasteiger partial charge in [-0.15, -0.1) is 0 Å². The summed E-state index contributed by atoms with van der Waals surface area (Å²) < 4.78 is 0. The first-order valence-corrected chi connectivity index (χ1v) is 5.86. The van der Waals surface area contributed by atoms with Crippen molar-refractivity contribution in [1.82, 2.24) is 10.3 Å². The average molecular weight is 248 g/mol. The third-order valence-electron chi connectivity index (χ3n) is 3.34. The molecule has 0 aliphatic heterocycles. The van der Waals surface area contributed by atoms with Crippen molar-refractivity contribution in [3.05, 3.63) is 29.6 Å². The van der Waals surface area contributed by atoms with Crippen LogP contribution in [0.5, 0.6) is 0 Å². The van der Waals surface area contributed by atoms with E-state index in [4.69, 9.17) is 5.11 Å². The summed E-state index contributed by atoms with van der Waals surface area (Å²) in [6, 6.07) is 3.10. The Kier molecular flexibility index (Phi) is 3.07. The van der Waals surface area contributed by atoms with Gasteiger partial charge < -0.3 is 10.4 Å². The summed E-state index contributed by atoms with van der Waals surface area (Å²) in [4.78, 5) is 26.2. The van der Waals surface area contributed by atoms with E-state index >= 15 is 0 Å². The van der Waals surface area contributed by atoms with Gasteiger partial charge in [0, 0.05) is 18.7 Å². The molecule has 1 saturated carbocycles. The van der Waals surface area contributed by atoms with Crippen LogP contribution in [-0.2, 0) is 11.3 Å². The molecule has 0 saturated heterocycles. The van der Waals surface area contributed by atoms with Gasteiger partial charge in [-0.2, -0.15) is 0 Å². The summed E-state index contributed by atoms with van der Waals surface area (Å²) in [6.45, 7) is 4.53. The van der Waals surface area contributed by atoms with Crippen LogP contribution in [0.2, 0.25) is 0 Å². The van der Waals surface area contributed by atoms with Crippen molar-refractivity contribution in [3.63, 3.8) is 0 Å². The first-order valence-electron chi connectivity index (χ1n) is 5.86. The number of carbonyl (C=O) groups is 2. The maximum absolute atomic E-state index is 11.7. The largest absolute Gasteiger partial charge is 0.477 e. The van der Waals surface area contributed by atoms with E-state index in [2.05, 4.69) is 24.1 Å². The number of hydrogen-bond donors (Lipinski definition) is 2. The number of hydrogen-bond acceptors (Lipinski definition) is 3. The van der Waals surface area contributed by atoms with Crippen molar-refractivity contribution in [2.75, 3.05) is 0 Å². The number of aromatic nitrogens is 1. The Bertz CT molecular complexity index is 480. The van der Waals surface area contributed by atoms with Crippen molar-refractivity contribution in [1.29, 1.82) is 0 Å². The second-order valence-corrected chi connectivity index (χ2v) is 5.32. The quantitative estimate of drug-likeness (QED) is 0.845. The van der Waals surface area contributed by atoms with E-state index < -0.39 is 5.97 Å². The molecule has 1 aliphatic carbocycles. The molecule has 0 spiro atoms. The Morgan fingerprint density at radius 2 is 2.17 bits per heavy atom. The lowest BCUT2D eigenvalue weighted by atomic mass is 10.1. The zero-order chi connectivity index (χ0) is 13.3. The molecule has 18 heavy (non-hydrogen) atoms. The van der Waals surface area contributed by atoms with E-state index in [1.807, 2.05) is 0 Å². The highest BCUT2D eigenvalue weighted by atomic mass is 16.4. The van der Waals surface area contributed by atoms with Gasteiger partial charge in [-0.05, 0) is 23.5 Å². The third kappa shape index (κ3) is 2.67. The Morgan fingerprint density at radius 3 is 2.61 bits per heavy atom. The Labute approximate surface area is 105 Å². The molecule has 1 aliphatic rings. The second-order valence-electron chi connectivity index (χ2n) is 5.32. The van der Waals surface area contributed by atoms with Gasteiger partial charge in [-0.25, -0.2) is 9.78 Å². The lowest BCUT2D eigenvalue weighted by molar-refractivity contribution is -0.123. The highest BCUT2D eigenvalue weighted by molar-refractivity contribution is 5.85. The minimum absolute atomic E-state index is 0.00778. The first kappa shape index (κ1) is 12.5. The van der Waals surface area contributed by atoms with Gasteiger partial charge in [-0.3, -0.25) is 4.79 Å². The molecule has 1 unspecified atom stereocenters. The maximum atomic E-state index is 11.7. The molecular weight excluding hydrogens is 232 g/mol. The molecule has 0 bridgehead atoms. The summed E-state index contributed by atoms with van der Waals surface area (Å²) in [5, 5.41) is 11.5. The molecule has 0 radical (unpaired) electrons. The van der Waals surface area contributed by atoms with Crippen LogP contribution in [0.3, 0.4) is 0 Å². The van der Waals surface area contributed by atoms with Gasteiger partial charge >= 0.3 is 5.97 Å². The van der Waals surface area contributed by atoms with Crippen molar-refractivity contribution < 1.29 is 14.7 Å². The molecule has 2 N–H and O–H groups in total. The van der Waals surface area contributed by atoms with E-state index in [1.165, 1.54) is 12.3 Å². The molecule has 0 aromatic carbocycles. The van der Waals surface area contributed by atoms with Gasteiger partial charge in [0.1, 0.15) is 5.69 Å². The lowest BCUT2D eigenvalue weighted by Gasteiger charge is -2.06. The highest BCUT2D eigenvalue weighted by Crippen LogP contribution is 2.51. The maximum Gasteiger partial charge on any atom is 0.354 e. The van der Waals surface area contributed by atoms with Crippen molar-refractivity contribution in [3.8, 4) is 0 Å². The number of nitrogens with zero attached hydrogens (tertiary/aromatic N) is 1. The number of carboxylic acids is 1. The van der Waals surface area contributed by atoms with Crippen LogP contribution in [0.1, 0.15) is 36.3 Å². The predicted molar refractivity (Wildman–Crippen MR) is 64.9 cm³/mol. The van der Waals surface area contributed by atoms with Crippen LogP contribution in [0.4, 0.5) is 0 Å². The fourth-order valence-electron chi connectivity index (χ4n) is 1.88. The molecule has 1 heterocycles. The number of nitrogens with one attached hydrogen (secondary N) is 1. The SMILES string of the molecule is CC1(C)CC1C(=O)NCc1ccc(C(=O)O)nc1. The molecule has 5 heteroatoms. The fourth-order valence-corrected chi connectivity index (χ4v) is 1.88. The number of rotatable bonds is 4. The van der Waals surface area contributed by atoms with Crippen molar-refractivity contribution in [2.24, 2.45) is 11.3 Å². The van der Waals surface area contributed by atoms with Crippen LogP contribution in [0, 0.1) is 11.3 Å². The zero-order valence-corrected chi connectivity index (χ0v) is 10.4. The Morgan fingerprint density at radius 1 is 1.50 bits per heavy atom. The molecule has 1 aromatic rings. The van der Waals surface area contributed by atoms with Gasteiger partial charge in [0.05, 0.1) is 0 Å². The summed E-state index contributed by atoms with van der Waals surface area (Å²) >= 11 is 0. The molecule has 1 atom stereocenters. The minimum atomic E-state index is -1.05. The van der Waals surface area contributed by atoms with E-state index in [0.717, 1.165) is 12.0 Å². The third-order valence-corrected chi connectivity index (χ3v) is 3.34. The smallest absolute Gasteiger partial charge is 0.354 e. The van der Waals surface area contributed by atoms with Gasteiger partial charge in [0.2, 0.25) is 5.91 Å². The molecule has 5 nitrogen and oxygen atoms in total. The number of amides is 1. The summed E-state index contributed by atoms with van der Waals surface area (Å²) in [7, 11) is 0. The Balaban J connectivity index is 1.87. The van der Waals surface area contributed by atoms with Crippen LogP contribution >= 0.6 is 0 Å². The predicted octanol–water partition coefficient (Wildman–Crippen LogP) is 1.44. The summed E-state index contributed by atoms with van der Waals surface area (Å²) in [5.74, 6) is -0.892. The molecule has 1 amide bonds. The average Bonchev–Trinajstić information content (AvgIpc) is 2.96. The lowest BCUT2D eigenvalue weighted by Crippen LogP contribution is -2.26. The molecule has 96 valence electrons. The number of carboxylic acid groups (broad SMARTS) is 1. The first-order chi connectivity index (χ1) is 8.40. The molecular formula is C13H16N2O3. The number of aromatic carboxylic acids is 1. The number of carbonyl (C=O) groups excluding carboxylic acids is 1. The molecule has 2 rings (SSSR count). The van der Waals surface area contributed by atoms with Crippen LogP contribution in [0.15, 0.2) is 18.3 Å². The van der Waals surface area contributed by atoms with Crippen LogP contribution in [0.25, 0.3) is 0 Å². The summed E-state index contributed by atoms with van der Waals surface area (Å²) in [5.41, 5.74) is 0.926. The van der Waals surface area contributed by atoms with Crippen molar-refractivity contribution in [2.45, 2.75) is 26.8 Å². The second kappa shape index (κ2) is 4.40. The van der Waals surface area contributed by atoms with E-state index in [-0.39, 0.29) is 22.9 Å². The van der Waals surface area contributed by atoms with E-state index in [9.17, 15) is 9.59 Å². The highest BCUT2D eigenvalue weighted by Gasteiger charge is 2.50. The van der Waals surface area contributed by atoms with E-state index in [1.54, 1.807) is 6.07 Å². The van der Waals surface area contributed by atoms with Crippen molar-refractivity contribution >= 4 is 11.9 Å². The topological polar surface area (TPSA) is 79.3 Å². The minimum Gasteiger partial charge on any atom is -0.477 e. The monoisotopic (exact) mass is 248 g/mol. The van der Waals surface area contributed by atoms with Gasteiger partial charge in [0.25, 0.3) is 0 Å². The standard InChI is InChI=1S/C13H16N2O3/c1-13(2)5-9(13)11(16)15-7-8-3-4-10(12(17)18)14-6-8/h3-4,6,9H,5,7H2,1-2H3,(H,15,16)(H,17,18). The van der Waals surface area contributed by atoms with Gasteiger partial charge in [0.15, 0.2) is 0 Å².